The third-order valence-electron chi connectivity index (χ3n) is 3.18. The van der Waals surface area contributed by atoms with Crippen LogP contribution >= 0.6 is 34.5 Å². The lowest BCUT2D eigenvalue weighted by Crippen LogP contribution is -1.87. The Morgan fingerprint density at radius 2 is 1.91 bits per heavy atom. The monoisotopic (exact) mass is 350 g/mol. The van der Waals surface area contributed by atoms with Gasteiger partial charge >= 0.3 is 0 Å². The van der Waals surface area contributed by atoms with E-state index in [1.165, 1.54) is 11.3 Å². The molecule has 0 unspecified atom stereocenters. The van der Waals surface area contributed by atoms with Gasteiger partial charge in [0, 0.05) is 5.56 Å². The lowest BCUT2D eigenvalue weighted by atomic mass is 10.2. The molecule has 0 spiro atoms. The van der Waals surface area contributed by atoms with Gasteiger partial charge in [0.2, 0.25) is 4.96 Å². The summed E-state index contributed by atoms with van der Waals surface area (Å²) in [6.07, 6.45) is 0. The first kappa shape index (κ1) is 13.8. The fraction of sp³-hybridized carbons (Fsp3) is 0.0714. The Kier molecular flexibility index (Phi) is 3.18. The highest BCUT2D eigenvalue weighted by molar-refractivity contribution is 7.19. The van der Waals surface area contributed by atoms with Gasteiger partial charge in [0.25, 0.3) is 0 Å². The van der Waals surface area contributed by atoms with Gasteiger partial charge in [-0.2, -0.15) is 4.52 Å². The van der Waals surface area contributed by atoms with Crippen LogP contribution < -0.4 is 0 Å². The molecule has 0 radical (unpaired) electrons. The van der Waals surface area contributed by atoms with Crippen molar-refractivity contribution in [2.75, 3.05) is 0 Å². The molecule has 0 aliphatic rings. The summed E-state index contributed by atoms with van der Waals surface area (Å²) in [4.78, 5) is 0.728. The van der Waals surface area contributed by atoms with E-state index in [2.05, 4.69) is 15.3 Å². The Morgan fingerprint density at radius 3 is 2.73 bits per heavy atom. The summed E-state index contributed by atoms with van der Waals surface area (Å²) in [6.45, 7) is 1.85. The van der Waals surface area contributed by atoms with Gasteiger partial charge in [-0.1, -0.05) is 40.6 Å². The van der Waals surface area contributed by atoms with Gasteiger partial charge < -0.3 is 4.42 Å². The van der Waals surface area contributed by atoms with Crippen molar-refractivity contribution in [1.82, 2.24) is 19.8 Å². The van der Waals surface area contributed by atoms with E-state index in [-0.39, 0.29) is 0 Å². The smallest absolute Gasteiger partial charge is 0.235 e. The highest BCUT2D eigenvalue weighted by atomic mass is 35.5. The van der Waals surface area contributed by atoms with Crippen LogP contribution in [0.2, 0.25) is 10.0 Å². The number of aryl methyl sites for hydroxylation is 1. The molecule has 4 rings (SSSR count). The van der Waals surface area contributed by atoms with Crippen molar-refractivity contribution in [2.45, 2.75) is 6.92 Å². The molecule has 0 aliphatic carbocycles. The summed E-state index contributed by atoms with van der Waals surface area (Å²) in [7, 11) is 0. The first-order chi connectivity index (χ1) is 10.6. The van der Waals surface area contributed by atoms with Crippen LogP contribution in [0.25, 0.3) is 27.1 Å². The molecule has 4 aromatic rings. The summed E-state index contributed by atoms with van der Waals surface area (Å²) in [5.74, 6) is 2.04. The van der Waals surface area contributed by atoms with Crippen LogP contribution in [0, 0.1) is 6.92 Å². The molecule has 0 saturated carbocycles. The van der Waals surface area contributed by atoms with Crippen LogP contribution in [-0.2, 0) is 0 Å². The summed E-state index contributed by atoms with van der Waals surface area (Å²) >= 11 is 13.7. The van der Waals surface area contributed by atoms with Crippen LogP contribution in [-0.4, -0.2) is 19.8 Å². The molecular weight excluding hydrogens is 343 g/mol. The lowest BCUT2D eigenvalue weighted by molar-refractivity contribution is 0.595. The zero-order chi connectivity index (χ0) is 15.3. The molecule has 3 heterocycles. The van der Waals surface area contributed by atoms with Crippen molar-refractivity contribution < 1.29 is 4.42 Å². The number of hydrogen-bond donors (Lipinski definition) is 0. The van der Waals surface area contributed by atoms with E-state index >= 15 is 0 Å². The van der Waals surface area contributed by atoms with E-state index < -0.39 is 0 Å². The van der Waals surface area contributed by atoms with E-state index in [4.69, 9.17) is 27.6 Å². The van der Waals surface area contributed by atoms with Crippen molar-refractivity contribution in [2.24, 2.45) is 0 Å². The molecule has 1 aromatic carbocycles. The second-order valence-electron chi connectivity index (χ2n) is 4.61. The Balaban J connectivity index is 1.79. The maximum absolute atomic E-state index is 6.22. The van der Waals surface area contributed by atoms with E-state index in [1.807, 2.05) is 31.2 Å². The fourth-order valence-corrected chi connectivity index (χ4v) is 3.35. The number of fused-ring (bicyclic) bond motifs is 1. The Labute approximate surface area is 139 Å². The molecule has 0 atom stereocenters. The van der Waals surface area contributed by atoms with Gasteiger partial charge in [-0.15, -0.1) is 15.3 Å². The second kappa shape index (κ2) is 5.08. The molecule has 110 valence electrons. The lowest BCUT2D eigenvalue weighted by Gasteiger charge is -2.01. The van der Waals surface area contributed by atoms with Gasteiger partial charge in [-0.3, -0.25) is 0 Å². The molecule has 0 saturated heterocycles. The Hall–Kier alpha value is -1.89. The zero-order valence-electron chi connectivity index (χ0n) is 11.2. The molecule has 0 amide bonds. The van der Waals surface area contributed by atoms with Gasteiger partial charge in [0.05, 0.1) is 10.0 Å². The fourth-order valence-electron chi connectivity index (χ4n) is 2.11. The molecule has 3 aromatic heterocycles. The van der Waals surface area contributed by atoms with Gasteiger partial charge in [-0.05, 0) is 31.2 Å². The van der Waals surface area contributed by atoms with Crippen molar-refractivity contribution in [3.05, 3.63) is 46.2 Å². The number of hydrogen-bond acceptors (Lipinski definition) is 5. The van der Waals surface area contributed by atoms with Crippen molar-refractivity contribution in [1.29, 1.82) is 0 Å². The number of benzene rings is 1. The maximum atomic E-state index is 6.22. The predicted molar refractivity (Wildman–Crippen MR) is 86.6 cm³/mol. The number of aromatic nitrogens is 4. The molecule has 0 N–H and O–H groups in total. The summed E-state index contributed by atoms with van der Waals surface area (Å²) in [6, 6.07) is 9.14. The van der Waals surface area contributed by atoms with Crippen molar-refractivity contribution in [3.8, 4) is 22.1 Å². The van der Waals surface area contributed by atoms with E-state index in [0.29, 0.717) is 21.6 Å². The molecule has 0 fully saturated rings. The number of nitrogens with zero attached hydrogens (tertiary/aromatic N) is 4. The van der Waals surface area contributed by atoms with Gasteiger partial charge in [0.1, 0.15) is 5.76 Å². The van der Waals surface area contributed by atoms with Crippen LogP contribution in [0.4, 0.5) is 0 Å². The van der Waals surface area contributed by atoms with Gasteiger partial charge in [-0.25, -0.2) is 0 Å². The minimum Gasteiger partial charge on any atom is -0.453 e. The van der Waals surface area contributed by atoms with Crippen LogP contribution in [0.1, 0.15) is 5.82 Å². The number of furan rings is 1. The van der Waals surface area contributed by atoms with Crippen LogP contribution in [0.3, 0.4) is 0 Å². The topological polar surface area (TPSA) is 56.2 Å². The standard InChI is InChI=1S/C14H8Cl2N4OS/c1-7-17-18-14-20(7)19-13(22-14)11-6-5-10(21-11)8-3-2-4-9(15)12(8)16/h2-6H,1H3. The van der Waals surface area contributed by atoms with E-state index in [9.17, 15) is 0 Å². The molecule has 22 heavy (non-hydrogen) atoms. The average Bonchev–Trinajstić information content (AvgIpc) is 3.19. The predicted octanol–water partition coefficient (Wildman–Crippen LogP) is 4.73. The van der Waals surface area contributed by atoms with Crippen LogP contribution in [0.5, 0.6) is 0 Å². The summed E-state index contributed by atoms with van der Waals surface area (Å²) in [5.41, 5.74) is 0.750. The minimum absolute atomic E-state index is 0.471. The zero-order valence-corrected chi connectivity index (χ0v) is 13.6. The maximum Gasteiger partial charge on any atom is 0.235 e. The van der Waals surface area contributed by atoms with Crippen molar-refractivity contribution in [3.63, 3.8) is 0 Å². The molecule has 0 aliphatic heterocycles. The molecule has 0 bridgehead atoms. The third kappa shape index (κ3) is 2.11. The first-order valence-corrected chi connectivity index (χ1v) is 7.94. The molecule has 8 heteroatoms. The first-order valence-electron chi connectivity index (χ1n) is 6.37. The molecular formula is C14H8Cl2N4OS. The highest BCUT2D eigenvalue weighted by Crippen LogP contribution is 2.36. The van der Waals surface area contributed by atoms with Gasteiger partial charge in [0.15, 0.2) is 16.6 Å². The third-order valence-corrected chi connectivity index (χ3v) is 4.91. The number of halogens is 2. The molecule has 5 nitrogen and oxygen atoms in total. The quantitative estimate of drug-likeness (QED) is 0.524. The normalized spacial score (nSPS) is 11.4. The second-order valence-corrected chi connectivity index (χ2v) is 6.36. The van der Waals surface area contributed by atoms with Crippen LogP contribution in [0.15, 0.2) is 34.7 Å². The SMILES string of the molecule is Cc1nnc2sc(-c3ccc(-c4cccc(Cl)c4Cl)o3)nn12. The Bertz CT molecular complexity index is 988. The summed E-state index contributed by atoms with van der Waals surface area (Å²) in [5, 5.41) is 14.2. The highest BCUT2D eigenvalue weighted by Gasteiger charge is 2.16. The van der Waals surface area contributed by atoms with E-state index in [0.717, 1.165) is 21.4 Å². The van der Waals surface area contributed by atoms with E-state index in [1.54, 1.807) is 10.6 Å². The average molecular weight is 351 g/mol. The summed E-state index contributed by atoms with van der Waals surface area (Å²) < 4.78 is 7.56. The van der Waals surface area contributed by atoms with Crippen molar-refractivity contribution >= 4 is 39.5 Å². The number of rotatable bonds is 2. The Morgan fingerprint density at radius 1 is 1.09 bits per heavy atom. The minimum atomic E-state index is 0.471. The largest absolute Gasteiger partial charge is 0.453 e.